The van der Waals surface area contributed by atoms with Crippen molar-refractivity contribution in [3.63, 3.8) is 0 Å². The molecule has 12 heavy (non-hydrogen) atoms. The van der Waals surface area contributed by atoms with E-state index in [9.17, 15) is 9.59 Å². The van der Waals surface area contributed by atoms with Gasteiger partial charge in [-0.25, -0.2) is 0 Å². The molecule has 0 rings (SSSR count). The Balaban J connectivity index is 3.32. The van der Waals surface area contributed by atoms with Crippen molar-refractivity contribution >= 4 is 11.8 Å². The van der Waals surface area contributed by atoms with Crippen LogP contribution in [-0.4, -0.2) is 25.0 Å². The van der Waals surface area contributed by atoms with Gasteiger partial charge in [-0.3, -0.25) is 9.59 Å². The Bertz CT molecular complexity index is 166. The van der Waals surface area contributed by atoms with Crippen LogP contribution in [0, 0.1) is 5.92 Å². The highest BCUT2D eigenvalue weighted by Crippen LogP contribution is 1.94. The number of rotatable bonds is 5. The molecular formula is C8H14NO3. The molecule has 0 heterocycles. The maximum Gasteiger partial charge on any atom is 0.309 e. The van der Waals surface area contributed by atoms with Crippen LogP contribution >= 0.6 is 0 Å². The molecule has 0 aliphatic heterocycles. The second-order valence-corrected chi connectivity index (χ2v) is 2.83. The van der Waals surface area contributed by atoms with E-state index in [1.807, 2.05) is 0 Å². The van der Waals surface area contributed by atoms with Gasteiger partial charge in [-0.15, -0.1) is 0 Å². The molecule has 0 unspecified atom stereocenters. The van der Waals surface area contributed by atoms with Gasteiger partial charge in [0.25, 0.3) is 0 Å². The number of nitrogens with zero attached hydrogens (tertiary/aromatic N) is 1. The zero-order chi connectivity index (χ0) is 9.56. The van der Waals surface area contributed by atoms with Gasteiger partial charge in [0.2, 0.25) is 0 Å². The predicted octanol–water partition coefficient (Wildman–Crippen LogP) is 0.337. The van der Waals surface area contributed by atoms with E-state index in [-0.39, 0.29) is 30.9 Å². The average Bonchev–Trinajstić information content (AvgIpc) is 1.97. The molecule has 69 valence electrons. The summed E-state index contributed by atoms with van der Waals surface area (Å²) in [4.78, 5) is 21.2. The van der Waals surface area contributed by atoms with Crippen molar-refractivity contribution < 1.29 is 14.3 Å². The van der Waals surface area contributed by atoms with Crippen LogP contribution in [0.3, 0.4) is 0 Å². The molecule has 0 aliphatic carbocycles. The van der Waals surface area contributed by atoms with Gasteiger partial charge in [0.15, 0.2) is 6.73 Å². The highest BCUT2D eigenvalue weighted by Gasteiger charge is 2.07. The first-order chi connectivity index (χ1) is 5.54. The summed E-state index contributed by atoms with van der Waals surface area (Å²) in [6, 6.07) is 0. The third-order valence-electron chi connectivity index (χ3n) is 1.10. The van der Waals surface area contributed by atoms with Gasteiger partial charge in [-0.1, -0.05) is 13.8 Å². The summed E-state index contributed by atoms with van der Waals surface area (Å²) in [5, 5.41) is 3.70. The van der Waals surface area contributed by atoms with Crippen molar-refractivity contribution in [1.29, 1.82) is 0 Å². The topological polar surface area (TPSA) is 57.5 Å². The van der Waals surface area contributed by atoms with Gasteiger partial charge < -0.3 is 4.74 Å². The van der Waals surface area contributed by atoms with E-state index in [1.165, 1.54) is 6.92 Å². The van der Waals surface area contributed by atoms with E-state index in [4.69, 9.17) is 4.74 Å². The minimum Gasteiger partial charge on any atom is -0.448 e. The van der Waals surface area contributed by atoms with Crippen LogP contribution in [-0.2, 0) is 14.3 Å². The lowest BCUT2D eigenvalue weighted by molar-refractivity contribution is -0.148. The molecule has 0 spiro atoms. The summed E-state index contributed by atoms with van der Waals surface area (Å²) < 4.78 is 4.70. The van der Waals surface area contributed by atoms with Crippen LogP contribution < -0.4 is 5.32 Å². The lowest BCUT2D eigenvalue weighted by Gasteiger charge is -2.05. The van der Waals surface area contributed by atoms with Gasteiger partial charge in [0.1, 0.15) is 5.78 Å². The minimum absolute atomic E-state index is 0.0173. The molecule has 4 heteroatoms. The molecule has 0 aromatic carbocycles. The Morgan fingerprint density at radius 2 is 2.00 bits per heavy atom. The molecule has 0 bridgehead atoms. The zero-order valence-electron chi connectivity index (χ0n) is 7.66. The fourth-order valence-electron chi connectivity index (χ4n) is 0.479. The second kappa shape index (κ2) is 5.71. The van der Waals surface area contributed by atoms with Gasteiger partial charge in [-0.2, -0.15) is 5.32 Å². The molecule has 0 N–H and O–H groups in total. The molecule has 0 fully saturated rings. The lowest BCUT2D eigenvalue weighted by Crippen LogP contribution is -2.21. The average molecular weight is 172 g/mol. The summed E-state index contributed by atoms with van der Waals surface area (Å²) in [7, 11) is 0. The molecule has 4 nitrogen and oxygen atoms in total. The Morgan fingerprint density at radius 3 is 2.42 bits per heavy atom. The molecule has 0 aliphatic rings. The maximum atomic E-state index is 10.8. The third kappa shape index (κ3) is 5.85. The molecule has 0 aromatic heterocycles. The molecule has 1 radical (unpaired) electrons. The van der Waals surface area contributed by atoms with Crippen molar-refractivity contribution in [3.8, 4) is 0 Å². The van der Waals surface area contributed by atoms with Crippen LogP contribution in [0.25, 0.3) is 0 Å². The van der Waals surface area contributed by atoms with Crippen LogP contribution in [0.15, 0.2) is 0 Å². The number of hydrogen-bond donors (Lipinski definition) is 0. The largest absolute Gasteiger partial charge is 0.448 e. The number of Topliss-reactive ketones (excluding diaryl/α,β-unsaturated/α-hetero) is 1. The number of hydrogen-bond acceptors (Lipinski definition) is 3. The van der Waals surface area contributed by atoms with Crippen LogP contribution in [0.1, 0.15) is 20.8 Å². The summed E-state index contributed by atoms with van der Waals surface area (Å²) in [6.07, 6.45) is 0. The number of carbonyl (C=O) groups excluding carboxylic acids is 2. The van der Waals surface area contributed by atoms with E-state index < -0.39 is 0 Å². The van der Waals surface area contributed by atoms with Crippen LogP contribution in [0.5, 0.6) is 0 Å². The first-order valence-electron chi connectivity index (χ1n) is 3.83. The summed E-state index contributed by atoms with van der Waals surface area (Å²) >= 11 is 0. The second-order valence-electron chi connectivity index (χ2n) is 2.83. The number of esters is 1. The van der Waals surface area contributed by atoms with E-state index >= 15 is 0 Å². The summed E-state index contributed by atoms with van der Waals surface area (Å²) in [6.45, 7) is 5.02. The van der Waals surface area contributed by atoms with Crippen molar-refractivity contribution in [2.75, 3.05) is 13.3 Å². The highest BCUT2D eigenvalue weighted by molar-refractivity contribution is 5.77. The Kier molecular flexibility index (Phi) is 5.28. The smallest absolute Gasteiger partial charge is 0.309 e. The van der Waals surface area contributed by atoms with Gasteiger partial charge in [-0.05, 0) is 6.92 Å². The van der Waals surface area contributed by atoms with Crippen LogP contribution in [0.4, 0.5) is 0 Å². The Hall–Kier alpha value is -0.900. The number of carbonyl (C=O) groups is 2. The molecule has 0 atom stereocenters. The van der Waals surface area contributed by atoms with E-state index in [1.54, 1.807) is 13.8 Å². The highest BCUT2D eigenvalue weighted by atomic mass is 16.5. The Morgan fingerprint density at radius 1 is 1.42 bits per heavy atom. The first kappa shape index (κ1) is 11.1. The SMILES string of the molecule is CC(=O)C[N]COC(=O)C(C)C. The lowest BCUT2D eigenvalue weighted by atomic mass is 10.2. The fraction of sp³-hybridized carbons (Fsp3) is 0.750. The fourth-order valence-corrected chi connectivity index (χ4v) is 0.479. The van der Waals surface area contributed by atoms with Gasteiger partial charge in [0.05, 0.1) is 12.5 Å². The van der Waals surface area contributed by atoms with Crippen molar-refractivity contribution in [1.82, 2.24) is 5.32 Å². The minimum atomic E-state index is -0.290. The van der Waals surface area contributed by atoms with E-state index in [0.717, 1.165) is 0 Å². The standard InChI is InChI=1S/C8H14NO3/c1-6(2)8(11)12-5-9-4-7(3)10/h6H,4-5H2,1-3H3. The first-order valence-corrected chi connectivity index (χ1v) is 3.83. The molecule has 0 saturated carbocycles. The van der Waals surface area contributed by atoms with Crippen molar-refractivity contribution in [3.05, 3.63) is 0 Å². The monoisotopic (exact) mass is 172 g/mol. The molecule has 0 aromatic rings. The van der Waals surface area contributed by atoms with Gasteiger partial charge in [0, 0.05) is 0 Å². The number of ether oxygens (including phenoxy) is 1. The normalized spacial score (nSPS) is 10.0. The predicted molar refractivity (Wildman–Crippen MR) is 43.5 cm³/mol. The summed E-state index contributed by atoms with van der Waals surface area (Å²) in [5.74, 6) is -0.463. The van der Waals surface area contributed by atoms with E-state index in [2.05, 4.69) is 5.32 Å². The number of ketones is 1. The molecule has 0 saturated heterocycles. The quantitative estimate of drug-likeness (QED) is 0.443. The maximum absolute atomic E-state index is 10.8. The molecule has 0 amide bonds. The van der Waals surface area contributed by atoms with Gasteiger partial charge >= 0.3 is 5.97 Å². The van der Waals surface area contributed by atoms with E-state index in [0.29, 0.717) is 0 Å². The van der Waals surface area contributed by atoms with Crippen LogP contribution in [0.2, 0.25) is 0 Å². The van der Waals surface area contributed by atoms with Crippen molar-refractivity contribution in [2.45, 2.75) is 20.8 Å². The zero-order valence-corrected chi connectivity index (χ0v) is 7.66. The summed E-state index contributed by atoms with van der Waals surface area (Å²) in [5.41, 5.74) is 0. The van der Waals surface area contributed by atoms with Crippen molar-refractivity contribution in [2.24, 2.45) is 5.92 Å². The Labute approximate surface area is 72.3 Å². The third-order valence-corrected chi connectivity index (χ3v) is 1.10. The molecular weight excluding hydrogens is 158 g/mol.